The van der Waals surface area contributed by atoms with Crippen LogP contribution in [-0.2, 0) is 32.0 Å². The van der Waals surface area contributed by atoms with Gasteiger partial charge in [0.1, 0.15) is 30.2 Å². The summed E-state index contributed by atoms with van der Waals surface area (Å²) < 4.78 is 60.0. The highest BCUT2D eigenvalue weighted by atomic mass is 32.2. The number of hydrogen-bond acceptors (Lipinski definition) is 11. The van der Waals surface area contributed by atoms with Crippen LogP contribution in [0.3, 0.4) is 0 Å². The molecule has 2 aromatic heterocycles. The van der Waals surface area contributed by atoms with Gasteiger partial charge in [-0.3, -0.25) is 8.75 Å². The summed E-state index contributed by atoms with van der Waals surface area (Å²) in [6.07, 6.45) is 0.522. The lowest BCUT2D eigenvalue weighted by Gasteiger charge is -2.51. The molecular weight excluding hydrogens is 547 g/mol. The third kappa shape index (κ3) is 5.07. The summed E-state index contributed by atoms with van der Waals surface area (Å²) >= 11 is 0. The highest BCUT2D eigenvalue weighted by Gasteiger charge is 2.62. The number of nitrogens with two attached hydrogens (primary N) is 1. The van der Waals surface area contributed by atoms with E-state index >= 15 is 0 Å². The number of nitrogen functional groups attached to an aromatic ring is 1. The minimum Gasteiger partial charge on any atom is -0.414 e. The molecule has 0 saturated carbocycles. The predicted molar refractivity (Wildman–Crippen MR) is 147 cm³/mol. The van der Waals surface area contributed by atoms with Crippen LogP contribution in [0.4, 0.5) is 5.82 Å². The second kappa shape index (κ2) is 10.5. The smallest absolute Gasteiger partial charge is 0.335 e. The van der Waals surface area contributed by atoms with Gasteiger partial charge in [-0.1, -0.05) is 55.4 Å². The van der Waals surface area contributed by atoms with Crippen LogP contribution in [0, 0.1) is 0 Å². The van der Waals surface area contributed by atoms with Gasteiger partial charge in [0.2, 0.25) is 0 Å². The van der Waals surface area contributed by atoms with Gasteiger partial charge in [-0.15, -0.1) is 0 Å². The SMILES string of the molecule is CC(C)[Si]1(C(C)C)OC[C@H]2O[C@@H](n3cnc4c(N)ncnc43)[C@H](OS(C)(=O)=O)[C@@H]2O[Si](C(C)C)(C(C)C)O1. The largest absolute Gasteiger partial charge is 0.414 e. The molecule has 2 fully saturated rings. The zero-order chi connectivity index (χ0) is 28.2. The van der Waals surface area contributed by atoms with Gasteiger partial charge < -0.3 is 23.4 Å². The number of rotatable bonds is 7. The van der Waals surface area contributed by atoms with Crippen LogP contribution < -0.4 is 5.73 Å². The van der Waals surface area contributed by atoms with Crippen molar-refractivity contribution in [1.29, 1.82) is 0 Å². The Bertz CT molecular complexity index is 1240. The van der Waals surface area contributed by atoms with Crippen LogP contribution in [-0.4, -0.2) is 76.2 Å². The van der Waals surface area contributed by atoms with Gasteiger partial charge in [-0.25, -0.2) is 15.0 Å². The minimum atomic E-state index is -3.90. The van der Waals surface area contributed by atoms with Crippen molar-refractivity contribution in [2.24, 2.45) is 0 Å². The summed E-state index contributed by atoms with van der Waals surface area (Å²) in [6, 6.07) is 0. The fraction of sp³-hybridized carbons (Fsp3) is 0.783. The monoisotopic (exact) mass is 587 g/mol. The van der Waals surface area contributed by atoms with Crippen LogP contribution in [0.25, 0.3) is 11.2 Å². The molecule has 0 bridgehead atoms. The first kappa shape index (κ1) is 29.5. The lowest BCUT2D eigenvalue weighted by Crippen LogP contribution is -2.66. The van der Waals surface area contributed by atoms with E-state index in [0.29, 0.717) is 11.2 Å². The van der Waals surface area contributed by atoms with E-state index in [1.165, 1.54) is 12.7 Å². The molecule has 4 rings (SSSR count). The second-order valence-corrected chi connectivity index (χ2v) is 21.9. The Morgan fingerprint density at radius 2 is 1.61 bits per heavy atom. The van der Waals surface area contributed by atoms with E-state index in [1.54, 1.807) is 4.57 Å². The Morgan fingerprint density at radius 3 is 2.16 bits per heavy atom. The molecule has 0 aliphatic carbocycles. The summed E-state index contributed by atoms with van der Waals surface area (Å²) in [6.45, 7) is 17.1. The molecule has 38 heavy (non-hydrogen) atoms. The quantitative estimate of drug-likeness (QED) is 0.374. The van der Waals surface area contributed by atoms with E-state index in [9.17, 15) is 8.42 Å². The van der Waals surface area contributed by atoms with Crippen LogP contribution in [0.1, 0.15) is 61.6 Å². The van der Waals surface area contributed by atoms with Gasteiger partial charge in [0.05, 0.1) is 19.2 Å². The van der Waals surface area contributed by atoms with Crippen molar-refractivity contribution in [2.45, 2.75) is 102 Å². The lowest BCUT2D eigenvalue weighted by atomic mass is 10.1. The number of fused-ring (bicyclic) bond motifs is 2. The molecule has 2 aliphatic heterocycles. The zero-order valence-corrected chi connectivity index (χ0v) is 26.4. The van der Waals surface area contributed by atoms with Crippen molar-refractivity contribution in [3.05, 3.63) is 12.7 Å². The number of nitrogens with zero attached hydrogens (tertiary/aromatic N) is 4. The van der Waals surface area contributed by atoms with E-state index in [4.69, 9.17) is 27.6 Å². The Kier molecular flexibility index (Phi) is 8.15. The number of anilines is 1. The lowest BCUT2D eigenvalue weighted by molar-refractivity contribution is -0.0560. The summed E-state index contributed by atoms with van der Waals surface area (Å²) in [5.41, 5.74) is 7.21. The van der Waals surface area contributed by atoms with Crippen molar-refractivity contribution in [3.8, 4) is 0 Å². The molecule has 0 spiro atoms. The normalized spacial score (nSPS) is 27.8. The Labute approximate surface area is 227 Å². The van der Waals surface area contributed by atoms with Gasteiger partial charge in [0, 0.05) is 0 Å². The molecule has 0 amide bonds. The third-order valence-corrected chi connectivity index (χ3v) is 18.4. The standard InChI is InChI=1S/C23H41N5O7SSi2/c1-13(2)37(14(3)4)31-10-17-19(34-38(35-37,15(5)6)16(7)8)20(33-36(9,29)30)23(32-17)28-12-27-18-21(24)25-11-26-22(18)28/h11-17,19-20,23H,10H2,1-9H3,(H2,24,25,26)/t17-,19-,20-,23-/m1/s1. The first-order valence-electron chi connectivity index (χ1n) is 13.1. The predicted octanol–water partition coefficient (Wildman–Crippen LogP) is 3.61. The number of imidazole rings is 1. The van der Waals surface area contributed by atoms with E-state index in [2.05, 4.69) is 70.3 Å². The molecule has 4 heterocycles. The molecule has 15 heteroatoms. The second-order valence-electron chi connectivity index (χ2n) is 11.5. The summed E-state index contributed by atoms with van der Waals surface area (Å²) in [5.74, 6) is 0.210. The molecule has 2 N–H and O–H groups in total. The van der Waals surface area contributed by atoms with Gasteiger partial charge in [0.15, 0.2) is 17.7 Å². The van der Waals surface area contributed by atoms with Crippen LogP contribution >= 0.6 is 0 Å². The number of aromatic nitrogens is 4. The van der Waals surface area contributed by atoms with Crippen LogP contribution in [0.15, 0.2) is 12.7 Å². The maximum atomic E-state index is 12.5. The Morgan fingerprint density at radius 1 is 1.00 bits per heavy atom. The minimum absolute atomic E-state index is 0.0498. The van der Waals surface area contributed by atoms with Crippen molar-refractivity contribution in [1.82, 2.24) is 19.5 Å². The first-order valence-corrected chi connectivity index (χ1v) is 18.9. The summed E-state index contributed by atoms with van der Waals surface area (Å²) in [7, 11) is -9.76. The fourth-order valence-electron chi connectivity index (χ4n) is 5.71. The number of ether oxygens (including phenoxy) is 1. The van der Waals surface area contributed by atoms with Crippen molar-refractivity contribution >= 4 is 44.2 Å². The molecule has 2 aliphatic rings. The first-order chi connectivity index (χ1) is 17.6. The summed E-state index contributed by atoms with van der Waals surface area (Å²) in [5, 5.41) is 0. The van der Waals surface area contributed by atoms with Gasteiger partial charge in [0.25, 0.3) is 10.1 Å². The van der Waals surface area contributed by atoms with Gasteiger partial charge >= 0.3 is 17.1 Å². The molecule has 0 radical (unpaired) electrons. The highest BCUT2D eigenvalue weighted by Crippen LogP contribution is 2.49. The van der Waals surface area contributed by atoms with Gasteiger partial charge in [-0.2, -0.15) is 8.42 Å². The fourth-order valence-corrected chi connectivity index (χ4v) is 17.5. The van der Waals surface area contributed by atoms with Crippen LogP contribution in [0.5, 0.6) is 0 Å². The number of hydrogen-bond donors (Lipinski definition) is 1. The average Bonchev–Trinajstić information content (AvgIpc) is 3.34. The van der Waals surface area contributed by atoms with Gasteiger partial charge in [-0.05, 0) is 22.2 Å². The molecule has 2 saturated heterocycles. The molecule has 12 nitrogen and oxygen atoms in total. The maximum Gasteiger partial charge on any atom is 0.335 e. The summed E-state index contributed by atoms with van der Waals surface area (Å²) in [4.78, 5) is 12.7. The van der Waals surface area contributed by atoms with E-state index in [-0.39, 0.29) is 34.6 Å². The Balaban J connectivity index is 1.87. The van der Waals surface area contributed by atoms with Crippen molar-refractivity contribution in [2.75, 3.05) is 18.6 Å². The zero-order valence-electron chi connectivity index (χ0n) is 23.6. The molecule has 2 aromatic rings. The van der Waals surface area contributed by atoms with Crippen molar-refractivity contribution < 1.29 is 30.3 Å². The van der Waals surface area contributed by atoms with Crippen molar-refractivity contribution in [3.63, 3.8) is 0 Å². The molecule has 0 aromatic carbocycles. The van der Waals surface area contributed by atoms with E-state index in [0.717, 1.165) is 6.26 Å². The Hall–Kier alpha value is -1.47. The van der Waals surface area contributed by atoms with E-state index < -0.39 is 51.8 Å². The maximum absolute atomic E-state index is 12.5. The molecule has 0 unspecified atom stereocenters. The molecule has 4 atom stereocenters. The van der Waals surface area contributed by atoms with E-state index in [1.807, 2.05) is 0 Å². The molecule has 214 valence electrons. The highest BCUT2D eigenvalue weighted by molar-refractivity contribution is 7.86. The van der Waals surface area contributed by atoms with Crippen LogP contribution in [0.2, 0.25) is 22.2 Å². The average molecular weight is 588 g/mol. The topological polar surface area (TPSA) is 150 Å². The third-order valence-electron chi connectivity index (χ3n) is 7.56. The molecular formula is C23H41N5O7SSi2.